The molecule has 0 bridgehead atoms. The normalized spacial score (nSPS) is 10.9. The van der Waals surface area contributed by atoms with Gasteiger partial charge in [-0.1, -0.05) is 30.3 Å². The lowest BCUT2D eigenvalue weighted by Gasteiger charge is -2.04. The molecule has 4 aromatic rings. The van der Waals surface area contributed by atoms with Gasteiger partial charge < -0.3 is 5.32 Å². The number of pyridine rings is 1. The number of fused-ring (bicyclic) bond motifs is 1. The van der Waals surface area contributed by atoms with Crippen molar-refractivity contribution in [3.63, 3.8) is 0 Å². The first kappa shape index (κ1) is 17.6. The number of aryl methyl sites for hydroxylation is 1. The molecule has 4 rings (SSSR count). The summed E-state index contributed by atoms with van der Waals surface area (Å²) in [6.07, 6.45) is 3.36. The highest BCUT2D eigenvalue weighted by Gasteiger charge is 2.14. The summed E-state index contributed by atoms with van der Waals surface area (Å²) in [6.45, 7) is 1.98. The van der Waals surface area contributed by atoms with Crippen molar-refractivity contribution >= 4 is 11.6 Å². The lowest BCUT2D eigenvalue weighted by Crippen LogP contribution is -2.32. The van der Waals surface area contributed by atoms with E-state index >= 15 is 0 Å². The van der Waals surface area contributed by atoms with Gasteiger partial charge in [0.05, 0.1) is 5.69 Å². The smallest absolute Gasteiger partial charge is 0.350 e. The van der Waals surface area contributed by atoms with Gasteiger partial charge in [0.2, 0.25) is 5.91 Å². The average molecular weight is 374 g/mol. The topological polar surface area (TPSA) is 94.2 Å². The Morgan fingerprint density at radius 2 is 1.86 bits per heavy atom. The van der Waals surface area contributed by atoms with Gasteiger partial charge in [0, 0.05) is 30.6 Å². The van der Waals surface area contributed by atoms with E-state index in [1.54, 1.807) is 25.4 Å². The van der Waals surface area contributed by atoms with Crippen LogP contribution in [0.4, 0.5) is 0 Å². The first-order chi connectivity index (χ1) is 13.6. The molecule has 8 heteroatoms. The van der Waals surface area contributed by atoms with E-state index in [-0.39, 0.29) is 12.5 Å². The van der Waals surface area contributed by atoms with Crippen LogP contribution in [0.3, 0.4) is 0 Å². The highest BCUT2D eigenvalue weighted by Crippen LogP contribution is 2.17. The Balaban J connectivity index is 1.58. The molecule has 0 spiro atoms. The van der Waals surface area contributed by atoms with Crippen LogP contribution < -0.4 is 11.0 Å². The van der Waals surface area contributed by atoms with Crippen molar-refractivity contribution in [3.05, 3.63) is 82.8 Å². The molecule has 3 aromatic heterocycles. The second-order valence-corrected chi connectivity index (χ2v) is 6.32. The molecule has 0 fully saturated rings. The predicted octanol–water partition coefficient (Wildman–Crippen LogP) is 1.58. The number of amides is 1. The van der Waals surface area contributed by atoms with Crippen LogP contribution in [-0.2, 0) is 17.9 Å². The maximum atomic E-state index is 12.6. The maximum absolute atomic E-state index is 12.6. The molecule has 0 aliphatic carbocycles. The van der Waals surface area contributed by atoms with E-state index in [2.05, 4.69) is 20.4 Å². The van der Waals surface area contributed by atoms with Crippen molar-refractivity contribution in [2.24, 2.45) is 0 Å². The molecular formula is C20H18N6O2. The highest BCUT2D eigenvalue weighted by atomic mass is 16.2. The van der Waals surface area contributed by atoms with Gasteiger partial charge in [-0.3, -0.25) is 9.78 Å². The van der Waals surface area contributed by atoms with E-state index in [1.165, 1.54) is 4.40 Å². The zero-order valence-corrected chi connectivity index (χ0v) is 15.2. The summed E-state index contributed by atoms with van der Waals surface area (Å²) in [5.41, 5.74) is 2.61. The van der Waals surface area contributed by atoms with Crippen LogP contribution >= 0.6 is 0 Å². The molecule has 1 amide bonds. The SMILES string of the molecule is Cc1nc(-c2ccncc2)cc2nn(CC(=O)NCc3ccccc3)c(=O)n12. The second kappa shape index (κ2) is 7.43. The fraction of sp³-hybridized carbons (Fsp3) is 0.150. The molecular weight excluding hydrogens is 356 g/mol. The first-order valence-electron chi connectivity index (χ1n) is 8.80. The van der Waals surface area contributed by atoms with Crippen LogP contribution in [-0.4, -0.2) is 30.1 Å². The minimum Gasteiger partial charge on any atom is -0.350 e. The summed E-state index contributed by atoms with van der Waals surface area (Å²) in [4.78, 5) is 33.4. The fourth-order valence-corrected chi connectivity index (χ4v) is 2.96. The Morgan fingerprint density at radius 1 is 1.11 bits per heavy atom. The number of nitrogens with one attached hydrogen (secondary N) is 1. The molecule has 0 saturated carbocycles. The van der Waals surface area contributed by atoms with E-state index in [9.17, 15) is 9.59 Å². The van der Waals surface area contributed by atoms with Gasteiger partial charge in [-0.15, -0.1) is 5.10 Å². The van der Waals surface area contributed by atoms with Gasteiger partial charge in [0.25, 0.3) is 0 Å². The number of hydrogen-bond donors (Lipinski definition) is 1. The third kappa shape index (κ3) is 3.52. The zero-order valence-electron chi connectivity index (χ0n) is 15.2. The Morgan fingerprint density at radius 3 is 2.61 bits per heavy atom. The van der Waals surface area contributed by atoms with Gasteiger partial charge in [-0.2, -0.15) is 0 Å². The zero-order chi connectivity index (χ0) is 19.5. The van der Waals surface area contributed by atoms with Crippen molar-refractivity contribution in [3.8, 4) is 11.3 Å². The maximum Gasteiger partial charge on any atom is 0.352 e. The second-order valence-electron chi connectivity index (χ2n) is 6.32. The van der Waals surface area contributed by atoms with E-state index in [0.717, 1.165) is 15.8 Å². The van der Waals surface area contributed by atoms with Crippen molar-refractivity contribution < 1.29 is 4.79 Å². The lowest BCUT2D eigenvalue weighted by atomic mass is 10.2. The van der Waals surface area contributed by atoms with Crippen molar-refractivity contribution in [2.45, 2.75) is 20.0 Å². The molecule has 3 heterocycles. The summed E-state index contributed by atoms with van der Waals surface area (Å²) in [5, 5.41) is 7.11. The molecule has 140 valence electrons. The lowest BCUT2D eigenvalue weighted by molar-refractivity contribution is -0.122. The Bertz CT molecular complexity index is 1180. The Hall–Kier alpha value is -3.81. The first-order valence-corrected chi connectivity index (χ1v) is 8.80. The van der Waals surface area contributed by atoms with E-state index < -0.39 is 5.69 Å². The average Bonchev–Trinajstić information content (AvgIpc) is 3.03. The van der Waals surface area contributed by atoms with Crippen LogP contribution in [0.2, 0.25) is 0 Å². The molecule has 0 aliphatic heterocycles. The summed E-state index contributed by atoms with van der Waals surface area (Å²) >= 11 is 0. The van der Waals surface area contributed by atoms with Crippen molar-refractivity contribution in [2.75, 3.05) is 0 Å². The number of hydrogen-bond acceptors (Lipinski definition) is 5. The summed E-state index contributed by atoms with van der Waals surface area (Å²) < 4.78 is 2.55. The van der Waals surface area contributed by atoms with Crippen LogP contribution in [0.1, 0.15) is 11.4 Å². The standard InChI is InChI=1S/C20H18N6O2/c1-14-23-17(16-7-9-21-10-8-16)11-18-24-25(20(28)26(14)18)13-19(27)22-12-15-5-3-2-4-6-15/h2-11H,12-13H2,1H3,(H,22,27). The molecule has 0 unspecified atom stereocenters. The minimum absolute atomic E-state index is 0.155. The van der Waals surface area contributed by atoms with Gasteiger partial charge in [-0.25, -0.2) is 18.9 Å². The molecule has 0 saturated heterocycles. The number of aromatic nitrogens is 5. The van der Waals surface area contributed by atoms with Crippen LogP contribution in [0.5, 0.6) is 0 Å². The van der Waals surface area contributed by atoms with Gasteiger partial charge in [0.1, 0.15) is 12.4 Å². The van der Waals surface area contributed by atoms with E-state index in [0.29, 0.717) is 23.7 Å². The minimum atomic E-state index is -0.392. The molecule has 28 heavy (non-hydrogen) atoms. The molecule has 1 aromatic carbocycles. The molecule has 0 aliphatic rings. The molecule has 1 N–H and O–H groups in total. The molecule has 0 radical (unpaired) electrons. The number of rotatable bonds is 5. The van der Waals surface area contributed by atoms with Crippen LogP contribution in [0.15, 0.2) is 65.7 Å². The van der Waals surface area contributed by atoms with Crippen LogP contribution in [0, 0.1) is 6.92 Å². The highest BCUT2D eigenvalue weighted by molar-refractivity contribution is 5.75. The van der Waals surface area contributed by atoms with E-state index in [4.69, 9.17) is 0 Å². The largest absolute Gasteiger partial charge is 0.352 e. The number of carbonyl (C=O) groups excluding carboxylic acids is 1. The van der Waals surface area contributed by atoms with Gasteiger partial charge in [0.15, 0.2) is 5.65 Å². The fourth-order valence-electron chi connectivity index (χ4n) is 2.96. The van der Waals surface area contributed by atoms with Gasteiger partial charge in [-0.05, 0) is 24.6 Å². The van der Waals surface area contributed by atoms with Crippen molar-refractivity contribution in [1.82, 2.24) is 29.5 Å². The predicted molar refractivity (Wildman–Crippen MR) is 104 cm³/mol. The summed E-state index contributed by atoms with van der Waals surface area (Å²) in [6, 6.07) is 15.0. The Labute approximate surface area is 160 Å². The quantitative estimate of drug-likeness (QED) is 0.572. The number of benzene rings is 1. The number of carbonyl (C=O) groups is 1. The number of nitrogens with zero attached hydrogens (tertiary/aromatic N) is 5. The third-order valence-corrected chi connectivity index (χ3v) is 4.34. The van der Waals surface area contributed by atoms with Gasteiger partial charge >= 0.3 is 5.69 Å². The van der Waals surface area contributed by atoms with Crippen molar-refractivity contribution in [1.29, 1.82) is 0 Å². The Kier molecular flexibility index (Phi) is 4.67. The third-order valence-electron chi connectivity index (χ3n) is 4.34. The molecule has 8 nitrogen and oxygen atoms in total. The summed E-state index contributed by atoms with van der Waals surface area (Å²) in [5.74, 6) is 0.222. The van der Waals surface area contributed by atoms with Crippen LogP contribution in [0.25, 0.3) is 16.9 Å². The summed E-state index contributed by atoms with van der Waals surface area (Å²) in [7, 11) is 0. The monoisotopic (exact) mass is 374 g/mol. The molecule has 0 atom stereocenters. The van der Waals surface area contributed by atoms with E-state index in [1.807, 2.05) is 42.5 Å².